The molecule has 0 aliphatic carbocycles. The highest BCUT2D eigenvalue weighted by Crippen LogP contribution is 2.15. The minimum absolute atomic E-state index is 0.0444. The molecule has 0 radical (unpaired) electrons. The Morgan fingerprint density at radius 3 is 2.88 bits per heavy atom. The van der Waals surface area contributed by atoms with E-state index in [4.69, 9.17) is 9.68 Å². The summed E-state index contributed by atoms with van der Waals surface area (Å²) >= 11 is 0.823. The summed E-state index contributed by atoms with van der Waals surface area (Å²) in [5.41, 5.74) is 0.496. The van der Waals surface area contributed by atoms with Crippen LogP contribution in [0, 0.1) is 18.3 Å². The molecule has 8 nitrogen and oxygen atoms in total. The molecule has 0 spiro atoms. The minimum Gasteiger partial charge on any atom is -0.463 e. The molecule has 0 aliphatic heterocycles. The minimum atomic E-state index is -0.604. The van der Waals surface area contributed by atoms with Crippen molar-refractivity contribution >= 4 is 23.2 Å². The first-order chi connectivity index (χ1) is 11.5. The van der Waals surface area contributed by atoms with Gasteiger partial charge in [0.15, 0.2) is 0 Å². The number of methoxy groups -OCH3 is 1. The smallest absolute Gasteiger partial charge is 0.373 e. The standard InChI is InChI=1S/C15H15N3O5S/c1-9-12(13(19)17-7-3-6-16)24-15(21)18(9)8-10-4-5-11(23-10)14(20)22-2/h4-5H,3,7-8H2,1-2H3,(H,17,19). The number of hydrogen-bond donors (Lipinski definition) is 1. The van der Waals surface area contributed by atoms with Gasteiger partial charge in [-0.25, -0.2) is 4.79 Å². The molecule has 2 aromatic rings. The van der Waals surface area contributed by atoms with E-state index >= 15 is 0 Å². The average molecular weight is 349 g/mol. The van der Waals surface area contributed by atoms with E-state index in [1.807, 2.05) is 6.07 Å². The summed E-state index contributed by atoms with van der Waals surface area (Å²) in [6, 6.07) is 4.96. The number of nitrogens with zero attached hydrogens (tertiary/aromatic N) is 2. The Kier molecular flexibility index (Phi) is 5.55. The molecule has 24 heavy (non-hydrogen) atoms. The number of thiazole rings is 1. The second kappa shape index (κ2) is 7.61. The van der Waals surface area contributed by atoms with Gasteiger partial charge in [0.25, 0.3) is 5.91 Å². The van der Waals surface area contributed by atoms with Gasteiger partial charge in [0, 0.05) is 12.2 Å². The Morgan fingerprint density at radius 1 is 1.46 bits per heavy atom. The van der Waals surface area contributed by atoms with Crippen LogP contribution in [0.15, 0.2) is 21.3 Å². The Labute approximate surface area is 141 Å². The number of amides is 1. The summed E-state index contributed by atoms with van der Waals surface area (Å²) in [6.07, 6.45) is 0.198. The molecule has 0 saturated heterocycles. The maximum Gasteiger partial charge on any atom is 0.373 e. The van der Waals surface area contributed by atoms with Crippen LogP contribution in [0.2, 0.25) is 0 Å². The van der Waals surface area contributed by atoms with Crippen LogP contribution in [0.3, 0.4) is 0 Å². The number of hydrogen-bond acceptors (Lipinski definition) is 7. The molecule has 2 rings (SSSR count). The predicted molar refractivity (Wildman–Crippen MR) is 85.0 cm³/mol. The third-order valence-corrected chi connectivity index (χ3v) is 4.31. The van der Waals surface area contributed by atoms with Gasteiger partial charge in [0.2, 0.25) is 5.76 Å². The van der Waals surface area contributed by atoms with Gasteiger partial charge in [0.05, 0.1) is 26.1 Å². The first-order valence-corrected chi connectivity index (χ1v) is 7.82. The zero-order valence-corrected chi connectivity index (χ0v) is 13.9. The topological polar surface area (TPSA) is 114 Å². The fourth-order valence-electron chi connectivity index (χ4n) is 2.01. The fraction of sp³-hybridized carbons (Fsp3) is 0.333. The number of nitrogens with one attached hydrogen (secondary N) is 1. The number of nitriles is 1. The van der Waals surface area contributed by atoms with E-state index in [1.54, 1.807) is 13.0 Å². The van der Waals surface area contributed by atoms with E-state index < -0.39 is 11.9 Å². The van der Waals surface area contributed by atoms with Crippen LogP contribution < -0.4 is 10.2 Å². The van der Waals surface area contributed by atoms with Crippen LogP contribution in [-0.2, 0) is 11.3 Å². The predicted octanol–water partition coefficient (Wildman–Crippen LogP) is 1.29. The maximum absolute atomic E-state index is 12.1. The highest BCUT2D eigenvalue weighted by atomic mass is 32.1. The molecule has 2 aromatic heterocycles. The molecular weight excluding hydrogens is 334 g/mol. The van der Waals surface area contributed by atoms with E-state index in [2.05, 4.69) is 10.1 Å². The van der Waals surface area contributed by atoms with Crippen LogP contribution in [0.1, 0.15) is 38.1 Å². The third kappa shape index (κ3) is 3.72. The second-order valence-electron chi connectivity index (χ2n) is 4.79. The molecule has 0 unspecified atom stereocenters. The summed E-state index contributed by atoms with van der Waals surface area (Å²) in [5.74, 6) is -0.552. The lowest BCUT2D eigenvalue weighted by molar-refractivity contribution is 0.0562. The Hall–Kier alpha value is -2.86. The zero-order valence-electron chi connectivity index (χ0n) is 13.1. The van der Waals surface area contributed by atoms with Crippen LogP contribution in [0.5, 0.6) is 0 Å². The van der Waals surface area contributed by atoms with Crippen molar-refractivity contribution in [1.82, 2.24) is 9.88 Å². The summed E-state index contributed by atoms with van der Waals surface area (Å²) in [5, 5.41) is 11.1. The number of carbonyl (C=O) groups excluding carboxylic acids is 2. The molecule has 0 saturated carbocycles. The van der Waals surface area contributed by atoms with Crippen molar-refractivity contribution in [3.8, 4) is 6.07 Å². The van der Waals surface area contributed by atoms with Gasteiger partial charge >= 0.3 is 10.8 Å². The Balaban J connectivity index is 2.18. The van der Waals surface area contributed by atoms with Crippen LogP contribution >= 0.6 is 11.3 Å². The molecular formula is C15H15N3O5S. The number of rotatable bonds is 6. The number of ether oxygens (including phenoxy) is 1. The molecule has 1 N–H and O–H groups in total. The Morgan fingerprint density at radius 2 is 2.21 bits per heavy atom. The van der Waals surface area contributed by atoms with E-state index in [-0.39, 0.29) is 35.0 Å². The molecule has 0 aromatic carbocycles. The molecule has 0 bridgehead atoms. The molecule has 2 heterocycles. The van der Waals surface area contributed by atoms with Crippen molar-refractivity contribution < 1.29 is 18.7 Å². The Bertz CT molecular complexity index is 855. The molecule has 1 amide bonds. The monoisotopic (exact) mass is 349 g/mol. The molecule has 9 heteroatoms. The SMILES string of the molecule is COC(=O)c1ccc(Cn2c(C)c(C(=O)NCCC#N)sc2=O)o1. The lowest BCUT2D eigenvalue weighted by Gasteiger charge is -2.04. The van der Waals surface area contributed by atoms with Crippen LogP contribution in [-0.4, -0.2) is 30.1 Å². The van der Waals surface area contributed by atoms with Crippen molar-refractivity contribution in [3.63, 3.8) is 0 Å². The largest absolute Gasteiger partial charge is 0.463 e. The molecule has 0 atom stereocenters. The normalized spacial score (nSPS) is 10.2. The second-order valence-corrected chi connectivity index (χ2v) is 5.75. The van der Waals surface area contributed by atoms with Gasteiger partial charge in [0.1, 0.15) is 10.6 Å². The third-order valence-electron chi connectivity index (χ3n) is 3.23. The van der Waals surface area contributed by atoms with Gasteiger partial charge in [-0.1, -0.05) is 11.3 Å². The summed E-state index contributed by atoms with van der Waals surface area (Å²) in [6.45, 7) is 1.98. The van der Waals surface area contributed by atoms with E-state index in [0.717, 1.165) is 11.3 Å². The van der Waals surface area contributed by atoms with Gasteiger partial charge < -0.3 is 14.5 Å². The molecule has 126 valence electrons. The number of esters is 1. The van der Waals surface area contributed by atoms with Gasteiger partial charge in [-0.2, -0.15) is 5.26 Å². The van der Waals surface area contributed by atoms with Gasteiger partial charge in [-0.15, -0.1) is 0 Å². The van der Waals surface area contributed by atoms with E-state index in [1.165, 1.54) is 17.7 Å². The first kappa shape index (κ1) is 17.5. The lowest BCUT2D eigenvalue weighted by atomic mass is 10.3. The highest BCUT2D eigenvalue weighted by molar-refractivity contribution is 7.11. The number of furan rings is 1. The van der Waals surface area contributed by atoms with Crippen LogP contribution in [0.25, 0.3) is 0 Å². The summed E-state index contributed by atoms with van der Waals surface area (Å²) in [7, 11) is 1.25. The maximum atomic E-state index is 12.1. The van der Waals surface area contributed by atoms with E-state index in [9.17, 15) is 14.4 Å². The lowest BCUT2D eigenvalue weighted by Crippen LogP contribution is -2.24. The average Bonchev–Trinajstić information content (AvgIpc) is 3.14. The van der Waals surface area contributed by atoms with E-state index in [0.29, 0.717) is 11.5 Å². The van der Waals surface area contributed by atoms with Crippen molar-refractivity contribution in [1.29, 1.82) is 5.26 Å². The van der Waals surface area contributed by atoms with Crippen molar-refractivity contribution in [2.75, 3.05) is 13.7 Å². The molecule has 0 aliphatic rings. The quantitative estimate of drug-likeness (QED) is 0.621. The van der Waals surface area contributed by atoms with Crippen molar-refractivity contribution in [3.05, 3.63) is 43.9 Å². The van der Waals surface area contributed by atoms with Gasteiger partial charge in [-0.05, 0) is 19.1 Å². The summed E-state index contributed by atoms with van der Waals surface area (Å²) < 4.78 is 11.3. The zero-order chi connectivity index (χ0) is 17.7. The van der Waals surface area contributed by atoms with Crippen LogP contribution in [0.4, 0.5) is 0 Å². The fourth-order valence-corrected chi connectivity index (χ4v) is 2.92. The van der Waals surface area contributed by atoms with Gasteiger partial charge in [-0.3, -0.25) is 14.2 Å². The summed E-state index contributed by atoms with van der Waals surface area (Å²) in [4.78, 5) is 35.5. The van der Waals surface area contributed by atoms with Crippen molar-refractivity contribution in [2.45, 2.75) is 19.9 Å². The number of carbonyl (C=O) groups is 2. The molecule has 0 fully saturated rings. The number of aromatic nitrogens is 1. The van der Waals surface area contributed by atoms with Crippen molar-refractivity contribution in [2.24, 2.45) is 0 Å². The highest BCUT2D eigenvalue weighted by Gasteiger charge is 2.19. The first-order valence-electron chi connectivity index (χ1n) is 7.00.